The molecule has 124 valence electrons. The van der Waals surface area contributed by atoms with Crippen molar-refractivity contribution in [1.29, 1.82) is 0 Å². The molecule has 0 spiro atoms. The maximum atomic E-state index is 2.41. The molecular formula is C21H40. The van der Waals surface area contributed by atoms with Crippen LogP contribution in [0.15, 0.2) is 0 Å². The Hall–Kier alpha value is 0. The van der Waals surface area contributed by atoms with Gasteiger partial charge in [-0.2, -0.15) is 0 Å². The van der Waals surface area contributed by atoms with Gasteiger partial charge < -0.3 is 0 Å². The second-order valence-electron chi connectivity index (χ2n) is 8.18. The largest absolute Gasteiger partial charge is 0.0654 e. The standard InChI is InChI=1S/C21H40/c1-3-5-6-7-8-10-19-13-15-20(16-14-19)21-12-9-11-18(4-2)17-21/h18-21H,3-17H2,1-2H3/t18-,19?,20?,21-/m1/s1. The molecule has 21 heavy (non-hydrogen) atoms. The van der Waals surface area contributed by atoms with Crippen LogP contribution in [0.5, 0.6) is 0 Å². The Bertz CT molecular complexity index is 249. The molecule has 2 rings (SSSR count). The van der Waals surface area contributed by atoms with E-state index in [1.807, 2.05) is 0 Å². The summed E-state index contributed by atoms with van der Waals surface area (Å²) in [5, 5.41) is 0. The van der Waals surface area contributed by atoms with Crippen LogP contribution in [0.3, 0.4) is 0 Å². The van der Waals surface area contributed by atoms with Crippen molar-refractivity contribution in [2.24, 2.45) is 23.7 Å². The van der Waals surface area contributed by atoms with Gasteiger partial charge in [-0.3, -0.25) is 0 Å². The van der Waals surface area contributed by atoms with Crippen molar-refractivity contribution in [3.8, 4) is 0 Å². The Morgan fingerprint density at radius 1 is 0.667 bits per heavy atom. The maximum Gasteiger partial charge on any atom is -0.0383 e. The minimum atomic E-state index is 1.07. The van der Waals surface area contributed by atoms with E-state index in [-0.39, 0.29) is 0 Å². The summed E-state index contributed by atoms with van der Waals surface area (Å²) in [5.74, 6) is 4.37. The zero-order valence-electron chi connectivity index (χ0n) is 14.9. The van der Waals surface area contributed by atoms with Crippen LogP contribution in [0.4, 0.5) is 0 Å². The Morgan fingerprint density at radius 2 is 1.43 bits per heavy atom. The summed E-state index contributed by atoms with van der Waals surface area (Å²) >= 11 is 0. The van der Waals surface area contributed by atoms with E-state index in [2.05, 4.69) is 13.8 Å². The topological polar surface area (TPSA) is 0 Å². The van der Waals surface area contributed by atoms with Crippen molar-refractivity contribution in [3.05, 3.63) is 0 Å². The van der Waals surface area contributed by atoms with E-state index >= 15 is 0 Å². The first-order chi connectivity index (χ1) is 10.3. The Labute approximate surface area is 134 Å². The first kappa shape index (κ1) is 17.4. The lowest BCUT2D eigenvalue weighted by Gasteiger charge is -2.38. The van der Waals surface area contributed by atoms with Crippen LogP contribution in [0.25, 0.3) is 0 Å². The van der Waals surface area contributed by atoms with Gasteiger partial charge in [-0.1, -0.05) is 90.9 Å². The zero-order chi connectivity index (χ0) is 14.9. The molecule has 2 aliphatic rings. The lowest BCUT2D eigenvalue weighted by molar-refractivity contribution is 0.135. The van der Waals surface area contributed by atoms with Crippen LogP contribution in [-0.4, -0.2) is 0 Å². The second-order valence-corrected chi connectivity index (χ2v) is 8.18. The Morgan fingerprint density at radius 3 is 2.14 bits per heavy atom. The van der Waals surface area contributed by atoms with Gasteiger partial charge in [0.25, 0.3) is 0 Å². The molecule has 2 atom stereocenters. The van der Waals surface area contributed by atoms with E-state index in [4.69, 9.17) is 0 Å². The third kappa shape index (κ3) is 5.95. The van der Waals surface area contributed by atoms with Gasteiger partial charge in [0.15, 0.2) is 0 Å². The van der Waals surface area contributed by atoms with Crippen molar-refractivity contribution >= 4 is 0 Å². The van der Waals surface area contributed by atoms with Crippen LogP contribution in [0, 0.1) is 23.7 Å². The van der Waals surface area contributed by atoms with Gasteiger partial charge in [0, 0.05) is 0 Å². The maximum absolute atomic E-state index is 2.41. The van der Waals surface area contributed by atoms with Crippen LogP contribution in [0.2, 0.25) is 0 Å². The molecule has 0 aliphatic heterocycles. The van der Waals surface area contributed by atoms with E-state index in [0.29, 0.717) is 0 Å². The van der Waals surface area contributed by atoms with Crippen molar-refractivity contribution < 1.29 is 0 Å². The highest BCUT2D eigenvalue weighted by Gasteiger charge is 2.30. The molecule has 0 saturated heterocycles. The number of hydrogen-bond donors (Lipinski definition) is 0. The SMILES string of the molecule is CCCCCCCC1CCC([C@@H]2CCC[C@@H](CC)C2)CC1. The normalized spacial score (nSPS) is 34.0. The zero-order valence-corrected chi connectivity index (χ0v) is 14.9. The fourth-order valence-electron chi connectivity index (χ4n) is 5.12. The first-order valence-corrected chi connectivity index (χ1v) is 10.3. The molecule has 0 amide bonds. The van der Waals surface area contributed by atoms with E-state index < -0.39 is 0 Å². The summed E-state index contributed by atoms with van der Waals surface area (Å²) in [6, 6.07) is 0. The summed E-state index contributed by atoms with van der Waals surface area (Å²) in [6.07, 6.45) is 22.7. The second kappa shape index (κ2) is 9.90. The van der Waals surface area contributed by atoms with E-state index in [0.717, 1.165) is 23.7 Å². The summed E-state index contributed by atoms with van der Waals surface area (Å²) in [4.78, 5) is 0. The Balaban J connectivity index is 1.59. The van der Waals surface area contributed by atoms with Crippen molar-refractivity contribution in [2.75, 3.05) is 0 Å². The molecule has 2 aliphatic carbocycles. The summed E-state index contributed by atoms with van der Waals surface area (Å²) in [7, 11) is 0. The van der Waals surface area contributed by atoms with E-state index in [1.165, 1.54) is 51.4 Å². The van der Waals surface area contributed by atoms with Crippen molar-refractivity contribution in [1.82, 2.24) is 0 Å². The molecule has 0 heteroatoms. The van der Waals surface area contributed by atoms with Crippen molar-refractivity contribution in [3.63, 3.8) is 0 Å². The van der Waals surface area contributed by atoms with Crippen LogP contribution in [0.1, 0.15) is 110 Å². The predicted octanol–water partition coefficient (Wildman–Crippen LogP) is 7.37. The quantitative estimate of drug-likeness (QED) is 0.410. The molecule has 0 nitrogen and oxygen atoms in total. The summed E-state index contributed by atoms with van der Waals surface area (Å²) < 4.78 is 0. The van der Waals surface area contributed by atoms with Gasteiger partial charge in [-0.05, 0) is 42.9 Å². The number of hydrogen-bond acceptors (Lipinski definition) is 0. The molecule has 0 aromatic heterocycles. The molecule has 0 radical (unpaired) electrons. The van der Waals surface area contributed by atoms with Crippen molar-refractivity contribution in [2.45, 2.75) is 110 Å². The first-order valence-electron chi connectivity index (χ1n) is 10.3. The molecule has 0 bridgehead atoms. The van der Waals surface area contributed by atoms with E-state index in [9.17, 15) is 0 Å². The minimum absolute atomic E-state index is 1.07. The summed E-state index contributed by atoms with van der Waals surface area (Å²) in [5.41, 5.74) is 0. The lowest BCUT2D eigenvalue weighted by Crippen LogP contribution is -2.26. The molecule has 2 saturated carbocycles. The smallest absolute Gasteiger partial charge is 0.0383 e. The summed E-state index contributed by atoms with van der Waals surface area (Å²) in [6.45, 7) is 4.72. The van der Waals surface area contributed by atoms with Crippen LogP contribution in [-0.2, 0) is 0 Å². The van der Waals surface area contributed by atoms with Gasteiger partial charge in [0.2, 0.25) is 0 Å². The highest BCUT2D eigenvalue weighted by Crippen LogP contribution is 2.43. The van der Waals surface area contributed by atoms with Gasteiger partial charge in [-0.25, -0.2) is 0 Å². The number of unbranched alkanes of at least 4 members (excludes halogenated alkanes) is 4. The molecule has 0 aromatic carbocycles. The molecule has 2 fully saturated rings. The highest BCUT2D eigenvalue weighted by atomic mass is 14.4. The fraction of sp³-hybridized carbons (Fsp3) is 1.00. The van der Waals surface area contributed by atoms with Gasteiger partial charge in [-0.15, -0.1) is 0 Å². The third-order valence-electron chi connectivity index (χ3n) is 6.67. The highest BCUT2D eigenvalue weighted by molar-refractivity contribution is 4.82. The van der Waals surface area contributed by atoms with Crippen LogP contribution < -0.4 is 0 Å². The van der Waals surface area contributed by atoms with E-state index in [1.54, 1.807) is 44.9 Å². The average Bonchev–Trinajstić information content (AvgIpc) is 2.55. The Kier molecular flexibility index (Phi) is 8.19. The third-order valence-corrected chi connectivity index (χ3v) is 6.67. The minimum Gasteiger partial charge on any atom is -0.0654 e. The number of rotatable bonds is 8. The van der Waals surface area contributed by atoms with Crippen LogP contribution >= 0.6 is 0 Å². The van der Waals surface area contributed by atoms with Gasteiger partial charge in [0.05, 0.1) is 0 Å². The van der Waals surface area contributed by atoms with Gasteiger partial charge in [0.1, 0.15) is 0 Å². The molecular weight excluding hydrogens is 252 g/mol. The monoisotopic (exact) mass is 292 g/mol. The average molecular weight is 293 g/mol. The predicted molar refractivity (Wildman–Crippen MR) is 94.6 cm³/mol. The van der Waals surface area contributed by atoms with Gasteiger partial charge >= 0.3 is 0 Å². The molecule has 0 N–H and O–H groups in total. The molecule has 0 unspecified atom stereocenters. The molecule has 0 heterocycles. The molecule has 0 aromatic rings. The lowest BCUT2D eigenvalue weighted by atomic mass is 9.68. The fourth-order valence-corrected chi connectivity index (χ4v) is 5.12.